The van der Waals surface area contributed by atoms with Gasteiger partial charge in [-0.15, -0.1) is 0 Å². The molecule has 18 rings (SSSR count). The van der Waals surface area contributed by atoms with E-state index in [2.05, 4.69) is 54.0 Å². The molecule has 0 bridgehead atoms. The van der Waals surface area contributed by atoms with Crippen LogP contribution in [0.3, 0.4) is 0 Å². The van der Waals surface area contributed by atoms with Crippen molar-refractivity contribution in [1.82, 2.24) is 28.1 Å². The van der Waals surface area contributed by atoms with Gasteiger partial charge in [0.2, 0.25) is 0 Å². The third-order valence-corrected chi connectivity index (χ3v) is 23.6. The Morgan fingerprint density at radius 2 is 0.484 bits per heavy atom. The second-order valence-electron chi connectivity index (χ2n) is 31.1. The molecule has 124 heavy (non-hydrogen) atoms. The molecular weight excluding hydrogens is 1560 g/mol. The van der Waals surface area contributed by atoms with Crippen LogP contribution in [0.5, 0.6) is 0 Å². The first-order valence-corrected chi connectivity index (χ1v) is 42.4. The second-order valence-corrected chi connectivity index (χ2v) is 31.1. The summed E-state index contributed by atoms with van der Waals surface area (Å²) in [7, 11) is 2.73. The van der Waals surface area contributed by atoms with Crippen LogP contribution in [0.4, 0.5) is 0 Å². The van der Waals surface area contributed by atoms with E-state index < -0.39 is 23.9 Å². The van der Waals surface area contributed by atoms with Gasteiger partial charge in [0, 0.05) is 178 Å². The number of hydrogen-bond acceptors (Lipinski definition) is 14. The number of fused-ring (bicyclic) bond motifs is 8. The lowest BCUT2D eigenvalue weighted by molar-refractivity contribution is 0.0365. The number of ketones is 4. The summed E-state index contributed by atoms with van der Waals surface area (Å²) < 4.78 is 29.4. The summed E-state index contributed by atoms with van der Waals surface area (Å²) in [5.41, 5.74) is 10.4. The third-order valence-electron chi connectivity index (χ3n) is 23.6. The molecular formula is C104H98N6O14. The van der Waals surface area contributed by atoms with E-state index in [0.717, 1.165) is 190 Å². The highest BCUT2D eigenvalue weighted by molar-refractivity contribution is 6.27. The van der Waals surface area contributed by atoms with Crippen LogP contribution in [-0.4, -0.2) is 165 Å². The molecule has 2 fully saturated rings. The number of nitrogens with zero attached hydrogens (tertiary/aromatic N) is 6. The van der Waals surface area contributed by atoms with E-state index in [1.54, 1.807) is 60.7 Å². The fraction of sp³-hybridized carbons (Fsp3) is 0.231. The molecule has 2 N–H and O–H groups in total. The number of carboxylic acids is 2. The number of morpholine rings is 2. The van der Waals surface area contributed by atoms with Crippen molar-refractivity contribution in [3.8, 4) is 0 Å². The molecule has 2 aliphatic heterocycles. The highest BCUT2D eigenvalue weighted by atomic mass is 16.5. The average Bonchev–Trinajstić information content (AvgIpc) is 1.49. The van der Waals surface area contributed by atoms with Crippen LogP contribution in [0, 0.1) is 0 Å². The SMILES string of the molecule is CCCCCn1cc(C(=O)c2ccc(C(=O)O)c3ccccc23)c2ccccc21.CCCCCn1cc(C(=O)c2ccc(C(=O)OC)c3ccccc23)c2ccccc21.COC(=O)c1ccc(C(=O)c2cn(CCN3CCOCC3)c3ccccc23)c2ccccc12.O=C(O)c1ccc(C(=O)c2cn(CCN3CCOCC3)c3ccccc23)c2ccccc12. The van der Waals surface area contributed by atoms with Gasteiger partial charge in [-0.05, 0) is 129 Å². The number of aryl methyl sites for hydroxylation is 2. The van der Waals surface area contributed by atoms with Crippen LogP contribution in [0.15, 0.2) is 267 Å². The van der Waals surface area contributed by atoms with Gasteiger partial charge < -0.3 is 47.4 Å². The Bertz CT molecular complexity index is 6710. The Hall–Kier alpha value is -13.8. The summed E-state index contributed by atoms with van der Waals surface area (Å²) in [6.45, 7) is 16.3. The second kappa shape index (κ2) is 39.4. The average molecular weight is 1660 g/mol. The predicted molar refractivity (Wildman–Crippen MR) is 487 cm³/mol. The maximum absolute atomic E-state index is 13.8. The van der Waals surface area contributed by atoms with Gasteiger partial charge >= 0.3 is 23.9 Å². The largest absolute Gasteiger partial charge is 0.478 e. The van der Waals surface area contributed by atoms with E-state index >= 15 is 0 Å². The van der Waals surface area contributed by atoms with Crippen molar-refractivity contribution in [2.75, 3.05) is 79.9 Å². The van der Waals surface area contributed by atoms with Gasteiger partial charge in [0.15, 0.2) is 23.1 Å². The maximum atomic E-state index is 13.8. The minimum absolute atomic E-state index is 0.0342. The van der Waals surface area contributed by atoms with Gasteiger partial charge in [0.05, 0.1) is 62.9 Å². The van der Waals surface area contributed by atoms with Gasteiger partial charge in [-0.2, -0.15) is 0 Å². The smallest absolute Gasteiger partial charge is 0.338 e. The first kappa shape index (κ1) is 85.2. The Morgan fingerprint density at radius 3 is 0.734 bits per heavy atom. The molecule has 0 amide bonds. The Labute approximate surface area is 717 Å². The lowest BCUT2D eigenvalue weighted by atomic mass is 9.94. The summed E-state index contributed by atoms with van der Waals surface area (Å²) in [6, 6.07) is 74.5. The van der Waals surface area contributed by atoms with E-state index in [4.69, 9.17) is 18.9 Å². The summed E-state index contributed by atoms with van der Waals surface area (Å²) in [6.07, 6.45) is 14.6. The predicted octanol–water partition coefficient (Wildman–Crippen LogP) is 20.1. The Kier molecular flexibility index (Phi) is 27.1. The van der Waals surface area contributed by atoms with Gasteiger partial charge in [0.1, 0.15) is 0 Å². The number of carbonyl (C=O) groups is 8. The number of carbonyl (C=O) groups excluding carboxylic acids is 6. The third kappa shape index (κ3) is 18.1. The monoisotopic (exact) mass is 1650 g/mol. The lowest BCUT2D eigenvalue weighted by Gasteiger charge is -2.26. The summed E-state index contributed by atoms with van der Waals surface area (Å²) in [5, 5.41) is 28.2. The summed E-state index contributed by atoms with van der Waals surface area (Å²) >= 11 is 0. The first-order chi connectivity index (χ1) is 60.6. The highest BCUT2D eigenvalue weighted by Gasteiger charge is 2.28. The van der Waals surface area contributed by atoms with Crippen LogP contribution in [-0.2, 0) is 45.1 Å². The zero-order chi connectivity index (χ0) is 86.3. The van der Waals surface area contributed by atoms with E-state index in [0.29, 0.717) is 82.6 Å². The van der Waals surface area contributed by atoms with Crippen molar-refractivity contribution in [3.05, 3.63) is 334 Å². The zero-order valence-corrected chi connectivity index (χ0v) is 70.0. The Balaban J connectivity index is 0.000000128. The number of ether oxygens (including phenoxy) is 4. The van der Waals surface area contributed by atoms with E-state index in [1.807, 2.05) is 183 Å². The minimum atomic E-state index is -1.00. The molecule has 0 spiro atoms. The van der Waals surface area contributed by atoms with Crippen molar-refractivity contribution in [1.29, 1.82) is 0 Å². The molecule has 0 saturated carbocycles. The van der Waals surface area contributed by atoms with Crippen molar-refractivity contribution in [3.63, 3.8) is 0 Å². The van der Waals surface area contributed by atoms with E-state index in [1.165, 1.54) is 26.4 Å². The first-order valence-electron chi connectivity index (χ1n) is 42.4. The number of hydrogen-bond donors (Lipinski definition) is 2. The molecule has 0 unspecified atom stereocenters. The molecule has 0 atom stereocenters. The number of carboxylic acid groups (broad SMARTS) is 2. The Morgan fingerprint density at radius 1 is 0.266 bits per heavy atom. The molecule has 6 heterocycles. The fourth-order valence-electron chi connectivity index (χ4n) is 17.2. The van der Waals surface area contributed by atoms with Crippen molar-refractivity contribution in [2.45, 2.75) is 78.6 Å². The normalized spacial score (nSPS) is 13.0. The molecule has 0 radical (unpaired) electrons. The zero-order valence-electron chi connectivity index (χ0n) is 70.0. The number of rotatable bonds is 26. The molecule has 628 valence electrons. The van der Waals surface area contributed by atoms with E-state index in [-0.39, 0.29) is 34.3 Å². The van der Waals surface area contributed by atoms with Gasteiger partial charge in [-0.25, -0.2) is 19.2 Å². The van der Waals surface area contributed by atoms with Crippen LogP contribution in [0.25, 0.3) is 86.7 Å². The number of aromatic nitrogens is 4. The number of benzene rings is 12. The van der Waals surface area contributed by atoms with Crippen LogP contribution in [0.2, 0.25) is 0 Å². The minimum Gasteiger partial charge on any atom is -0.478 e. The molecule has 20 nitrogen and oxygen atoms in total. The van der Waals surface area contributed by atoms with Crippen LogP contribution < -0.4 is 0 Å². The van der Waals surface area contributed by atoms with Gasteiger partial charge in [-0.3, -0.25) is 29.0 Å². The lowest BCUT2D eigenvalue weighted by Crippen LogP contribution is -2.38. The van der Waals surface area contributed by atoms with Gasteiger partial charge in [-0.1, -0.05) is 209 Å². The number of aromatic carboxylic acids is 2. The molecule has 20 heteroatoms. The number of unbranched alkanes of at least 4 members (excludes halogenated alkanes) is 4. The quantitative estimate of drug-likeness (QED) is 0.0291. The van der Waals surface area contributed by atoms with Crippen LogP contribution >= 0.6 is 0 Å². The molecule has 12 aromatic carbocycles. The molecule has 4 aromatic heterocycles. The summed E-state index contributed by atoms with van der Waals surface area (Å²) in [5.74, 6) is -3.07. The van der Waals surface area contributed by atoms with Crippen molar-refractivity contribution >= 4 is 134 Å². The standard InChI is InChI=1S/C27H26N2O4.C26H24N2O4.C26H25NO3.C25H23NO3/c1-32-27(31)23-11-10-22(19-6-2-3-7-20(19)23)26(30)24-18-29(25-9-5-4-8-21(24)25)13-12-28-14-16-33-17-15-28;29-25(21-9-10-22(26(30)31)19-6-2-1-5-18(19)21)23-17-28(24-8-4-3-7-20(23)24)12-11-27-13-15-32-16-14-27;1-3-4-9-16-27-17-23(20-12-7-8-13-24(20)27)25(28)21-14-15-22(26(29)30-2)19-11-6-5-10-18(19)21;1-2-3-8-15-26-16-22(19-11-6-7-12-23(19)26)24(27)20-13-14-21(25(28)29)18-10-5-4-9-17(18)20/h2-11,18H,12-17H2,1H3;1-10,17H,11-16H2,(H,30,31);5-8,10-15,17H,3-4,9,16H2,1-2H3;4-7,9-14,16H,2-3,8,15H2,1H3,(H,28,29). The molecule has 2 saturated heterocycles. The van der Waals surface area contributed by atoms with Crippen molar-refractivity contribution < 1.29 is 67.5 Å². The number of methoxy groups -OCH3 is 2. The topological polar surface area (TPSA) is 240 Å². The maximum Gasteiger partial charge on any atom is 0.338 e. The summed E-state index contributed by atoms with van der Waals surface area (Å²) in [4.78, 5) is 107. The molecule has 0 aliphatic carbocycles. The van der Waals surface area contributed by atoms with Crippen molar-refractivity contribution in [2.24, 2.45) is 0 Å². The van der Waals surface area contributed by atoms with Gasteiger partial charge in [0.25, 0.3) is 0 Å². The van der Waals surface area contributed by atoms with E-state index in [9.17, 15) is 48.6 Å². The number of esters is 2. The highest BCUT2D eigenvalue weighted by Crippen LogP contribution is 2.36. The van der Waals surface area contributed by atoms with Crippen LogP contribution in [0.1, 0.15) is 157 Å². The fourth-order valence-corrected chi connectivity index (χ4v) is 17.2. The number of para-hydroxylation sites is 4. The molecule has 2 aliphatic rings. The molecule has 16 aromatic rings.